The fourth-order valence-electron chi connectivity index (χ4n) is 2.14. The molecule has 0 fully saturated rings. The lowest BCUT2D eigenvalue weighted by atomic mass is 10.1. The standard InChI is InChI=1S/C17H19NO4/c1-4-5-6-13(17(20)21)18-16(19)15-9-12-7-10(2)11(3)8-14(12)22-15/h4-5,7-9,13H,6H2,1-3H3,(H,18,19)(H,20,21)/b5-4+. The first-order valence-corrected chi connectivity index (χ1v) is 7.08. The number of aryl methyl sites for hydroxylation is 2. The van der Waals surface area contributed by atoms with Gasteiger partial charge < -0.3 is 14.8 Å². The Labute approximate surface area is 128 Å². The van der Waals surface area contributed by atoms with Crippen molar-refractivity contribution >= 4 is 22.8 Å². The van der Waals surface area contributed by atoms with Crippen LogP contribution < -0.4 is 5.32 Å². The lowest BCUT2D eigenvalue weighted by molar-refractivity contribution is -0.139. The van der Waals surface area contributed by atoms with Gasteiger partial charge in [-0.25, -0.2) is 4.79 Å². The number of allylic oxidation sites excluding steroid dienone is 1. The largest absolute Gasteiger partial charge is 0.480 e. The highest BCUT2D eigenvalue weighted by Crippen LogP contribution is 2.23. The fourth-order valence-corrected chi connectivity index (χ4v) is 2.14. The van der Waals surface area contributed by atoms with Gasteiger partial charge in [-0.3, -0.25) is 4.79 Å². The molecule has 22 heavy (non-hydrogen) atoms. The number of hydrogen-bond donors (Lipinski definition) is 2. The Bertz CT molecular complexity index is 703. The van der Waals surface area contributed by atoms with Gasteiger partial charge in [0.2, 0.25) is 0 Å². The van der Waals surface area contributed by atoms with Gasteiger partial charge in [0, 0.05) is 5.39 Å². The number of carboxylic acids is 1. The van der Waals surface area contributed by atoms with Crippen LogP contribution >= 0.6 is 0 Å². The first kappa shape index (κ1) is 15.8. The molecule has 0 radical (unpaired) electrons. The van der Waals surface area contributed by atoms with E-state index in [0.29, 0.717) is 5.58 Å². The van der Waals surface area contributed by atoms with Crippen LogP contribution in [0.3, 0.4) is 0 Å². The summed E-state index contributed by atoms with van der Waals surface area (Å²) in [6, 6.07) is 4.47. The molecule has 2 N–H and O–H groups in total. The second kappa shape index (κ2) is 6.47. The van der Waals surface area contributed by atoms with E-state index < -0.39 is 17.9 Å². The first-order valence-electron chi connectivity index (χ1n) is 7.08. The van der Waals surface area contributed by atoms with Crippen molar-refractivity contribution in [3.8, 4) is 0 Å². The molecule has 0 saturated carbocycles. The third-order valence-corrected chi connectivity index (χ3v) is 3.57. The number of carboxylic acid groups (broad SMARTS) is 1. The molecular formula is C17H19NO4. The minimum absolute atomic E-state index is 0.117. The quantitative estimate of drug-likeness (QED) is 0.831. The zero-order chi connectivity index (χ0) is 16.3. The van der Waals surface area contributed by atoms with Gasteiger partial charge in [-0.15, -0.1) is 0 Å². The Balaban J connectivity index is 2.23. The zero-order valence-corrected chi connectivity index (χ0v) is 12.8. The summed E-state index contributed by atoms with van der Waals surface area (Å²) in [7, 11) is 0. The molecule has 116 valence electrons. The molecule has 2 rings (SSSR count). The summed E-state index contributed by atoms with van der Waals surface area (Å²) in [4.78, 5) is 23.3. The summed E-state index contributed by atoms with van der Waals surface area (Å²) in [5.74, 6) is -1.48. The molecule has 0 saturated heterocycles. The normalized spacial score (nSPS) is 12.7. The van der Waals surface area contributed by atoms with Crippen molar-refractivity contribution in [2.24, 2.45) is 0 Å². The summed E-state index contributed by atoms with van der Waals surface area (Å²) in [5, 5.41) is 12.4. The van der Waals surface area contributed by atoms with Gasteiger partial charge in [0.15, 0.2) is 5.76 Å². The predicted molar refractivity (Wildman–Crippen MR) is 84.0 cm³/mol. The lowest BCUT2D eigenvalue weighted by Crippen LogP contribution is -2.40. The van der Waals surface area contributed by atoms with Crippen molar-refractivity contribution in [3.05, 3.63) is 47.2 Å². The molecule has 2 aromatic rings. The van der Waals surface area contributed by atoms with Crippen molar-refractivity contribution in [1.82, 2.24) is 5.32 Å². The van der Waals surface area contributed by atoms with E-state index in [1.54, 1.807) is 25.1 Å². The first-order chi connectivity index (χ1) is 10.4. The molecule has 0 aliphatic rings. The van der Waals surface area contributed by atoms with Gasteiger partial charge in [0.05, 0.1) is 0 Å². The van der Waals surface area contributed by atoms with E-state index in [0.717, 1.165) is 16.5 Å². The van der Waals surface area contributed by atoms with Crippen molar-refractivity contribution < 1.29 is 19.1 Å². The van der Waals surface area contributed by atoms with Gasteiger partial charge in [0.25, 0.3) is 5.91 Å². The molecule has 5 heteroatoms. The minimum Gasteiger partial charge on any atom is -0.480 e. The van der Waals surface area contributed by atoms with Crippen LogP contribution in [0, 0.1) is 13.8 Å². The molecule has 5 nitrogen and oxygen atoms in total. The van der Waals surface area contributed by atoms with Crippen LogP contribution in [0.2, 0.25) is 0 Å². The van der Waals surface area contributed by atoms with E-state index in [2.05, 4.69) is 5.32 Å². The van der Waals surface area contributed by atoms with E-state index in [4.69, 9.17) is 9.52 Å². The Morgan fingerprint density at radius 3 is 2.59 bits per heavy atom. The number of amides is 1. The van der Waals surface area contributed by atoms with Gasteiger partial charge in [-0.05, 0) is 56.5 Å². The number of carbonyl (C=O) groups excluding carboxylic acids is 1. The third kappa shape index (κ3) is 3.36. The second-order valence-electron chi connectivity index (χ2n) is 5.25. The molecular weight excluding hydrogens is 282 g/mol. The maximum absolute atomic E-state index is 12.2. The summed E-state index contributed by atoms with van der Waals surface area (Å²) in [6.45, 7) is 5.75. The molecule has 0 aliphatic carbocycles. The number of fused-ring (bicyclic) bond motifs is 1. The van der Waals surface area contributed by atoms with E-state index in [9.17, 15) is 9.59 Å². The van der Waals surface area contributed by atoms with Crippen LogP contribution in [0.1, 0.15) is 35.0 Å². The van der Waals surface area contributed by atoms with Crippen molar-refractivity contribution in [3.63, 3.8) is 0 Å². The Kier molecular flexibility index (Phi) is 4.65. The number of nitrogens with one attached hydrogen (secondary N) is 1. The maximum Gasteiger partial charge on any atom is 0.326 e. The highest BCUT2D eigenvalue weighted by molar-refractivity contribution is 5.98. The van der Waals surface area contributed by atoms with Crippen LogP contribution in [-0.4, -0.2) is 23.0 Å². The van der Waals surface area contributed by atoms with E-state index in [1.807, 2.05) is 26.0 Å². The number of aliphatic carboxylic acids is 1. The summed E-state index contributed by atoms with van der Waals surface area (Å²) in [5.41, 5.74) is 2.80. The van der Waals surface area contributed by atoms with Crippen LogP contribution in [0.5, 0.6) is 0 Å². The number of benzene rings is 1. The van der Waals surface area contributed by atoms with Gasteiger partial charge in [-0.1, -0.05) is 12.2 Å². The molecule has 0 aliphatic heterocycles. The number of carbonyl (C=O) groups is 2. The minimum atomic E-state index is -1.07. The molecule has 0 spiro atoms. The highest BCUT2D eigenvalue weighted by atomic mass is 16.4. The molecule has 1 heterocycles. The molecule has 1 aromatic carbocycles. The van der Waals surface area contributed by atoms with Gasteiger partial charge >= 0.3 is 5.97 Å². The predicted octanol–water partition coefficient (Wildman–Crippen LogP) is 3.20. The van der Waals surface area contributed by atoms with Gasteiger partial charge in [0.1, 0.15) is 11.6 Å². The van der Waals surface area contributed by atoms with Gasteiger partial charge in [-0.2, -0.15) is 0 Å². The number of rotatable bonds is 5. The molecule has 1 amide bonds. The average molecular weight is 301 g/mol. The molecule has 0 bridgehead atoms. The Morgan fingerprint density at radius 2 is 1.95 bits per heavy atom. The summed E-state index contributed by atoms with van der Waals surface area (Å²) >= 11 is 0. The lowest BCUT2D eigenvalue weighted by Gasteiger charge is -2.11. The number of hydrogen-bond acceptors (Lipinski definition) is 3. The topological polar surface area (TPSA) is 79.5 Å². The second-order valence-corrected chi connectivity index (χ2v) is 5.25. The smallest absolute Gasteiger partial charge is 0.326 e. The van der Waals surface area contributed by atoms with E-state index >= 15 is 0 Å². The Morgan fingerprint density at radius 1 is 1.27 bits per heavy atom. The molecule has 1 unspecified atom stereocenters. The van der Waals surface area contributed by atoms with Crippen LogP contribution in [-0.2, 0) is 4.79 Å². The monoisotopic (exact) mass is 301 g/mol. The third-order valence-electron chi connectivity index (χ3n) is 3.57. The summed E-state index contributed by atoms with van der Waals surface area (Å²) < 4.78 is 5.53. The SMILES string of the molecule is C/C=C/CC(NC(=O)c1cc2cc(C)c(C)cc2o1)C(=O)O. The van der Waals surface area contributed by atoms with Crippen LogP contribution in [0.25, 0.3) is 11.0 Å². The van der Waals surface area contributed by atoms with E-state index in [1.165, 1.54) is 0 Å². The van der Waals surface area contributed by atoms with Crippen LogP contribution in [0.4, 0.5) is 0 Å². The zero-order valence-electron chi connectivity index (χ0n) is 12.8. The van der Waals surface area contributed by atoms with E-state index in [-0.39, 0.29) is 12.2 Å². The average Bonchev–Trinajstić information content (AvgIpc) is 2.86. The Hall–Kier alpha value is -2.56. The molecule has 1 atom stereocenters. The summed E-state index contributed by atoms with van der Waals surface area (Å²) in [6.07, 6.45) is 3.68. The van der Waals surface area contributed by atoms with Crippen molar-refractivity contribution in [2.45, 2.75) is 33.2 Å². The van der Waals surface area contributed by atoms with Crippen molar-refractivity contribution in [2.75, 3.05) is 0 Å². The maximum atomic E-state index is 12.2. The van der Waals surface area contributed by atoms with Crippen LogP contribution in [0.15, 0.2) is 34.8 Å². The fraction of sp³-hybridized carbons (Fsp3) is 0.294. The highest BCUT2D eigenvalue weighted by Gasteiger charge is 2.21. The number of furan rings is 1. The van der Waals surface area contributed by atoms with Crippen molar-refractivity contribution in [1.29, 1.82) is 0 Å². The molecule has 1 aromatic heterocycles.